The monoisotopic (exact) mass is 576 g/mol. The van der Waals surface area contributed by atoms with Crippen LogP contribution < -0.4 is 0 Å². The van der Waals surface area contributed by atoms with Gasteiger partial charge >= 0.3 is 11.9 Å². The maximum absolute atomic E-state index is 12.0. The van der Waals surface area contributed by atoms with Gasteiger partial charge in [0.25, 0.3) is 0 Å². The summed E-state index contributed by atoms with van der Waals surface area (Å²) in [7, 11) is 0. The number of likely N-dealkylation sites (tertiary alicyclic amines) is 2. The van der Waals surface area contributed by atoms with Crippen molar-refractivity contribution < 1.29 is 19.1 Å². The van der Waals surface area contributed by atoms with E-state index >= 15 is 0 Å². The van der Waals surface area contributed by atoms with Crippen LogP contribution in [0.3, 0.4) is 0 Å². The summed E-state index contributed by atoms with van der Waals surface area (Å²) in [6.45, 7) is 9.98. The van der Waals surface area contributed by atoms with Crippen molar-refractivity contribution in [3.63, 3.8) is 0 Å². The Hall–Kier alpha value is -0.960. The van der Waals surface area contributed by atoms with Crippen LogP contribution in [0.1, 0.15) is 50.7 Å². The van der Waals surface area contributed by atoms with Crippen molar-refractivity contribution in [3.8, 4) is 0 Å². The summed E-state index contributed by atoms with van der Waals surface area (Å²) in [6, 6.07) is 8.76. The second-order valence-electron chi connectivity index (χ2n) is 8.47. The molecule has 2 aliphatic rings. The third kappa shape index (κ3) is 8.76. The van der Waals surface area contributed by atoms with Gasteiger partial charge in [-0.25, -0.2) is 0 Å². The first kappa shape index (κ1) is 29.1. The number of esters is 2. The first-order chi connectivity index (χ1) is 14.6. The number of rotatable bonds is 8. The predicted molar refractivity (Wildman–Crippen MR) is 136 cm³/mol. The van der Waals surface area contributed by atoms with Crippen molar-refractivity contribution in [1.82, 2.24) is 9.80 Å². The number of piperidine rings is 2. The zero-order valence-electron chi connectivity index (χ0n) is 19.3. The third-order valence-corrected chi connectivity index (χ3v) is 6.09. The largest absolute Gasteiger partial charge is 0.466 e. The smallest absolute Gasteiger partial charge is 0.310 e. The van der Waals surface area contributed by atoms with Crippen LogP contribution in [-0.2, 0) is 32.2 Å². The van der Waals surface area contributed by atoms with E-state index in [4.69, 9.17) is 9.47 Å². The SMILES string of the molecule is Br.Br.CCOC(=O)C1CCCN(Cc2ccc(CN3CCCC(C(=O)OCC)C3)cc2)C1. The molecule has 0 radical (unpaired) electrons. The topological polar surface area (TPSA) is 59.1 Å². The lowest BCUT2D eigenvalue weighted by atomic mass is 9.97. The van der Waals surface area contributed by atoms with Crippen LogP contribution in [0.25, 0.3) is 0 Å². The standard InChI is InChI=1S/C24H36N2O4.2BrH/c1-3-29-23(27)21-7-5-13-25(17-21)15-19-9-11-20(12-10-19)16-26-14-6-8-22(18-26)24(28)30-4-2;;/h9-12,21-22H,3-8,13-18H2,1-2H3;2*1H. The molecule has 0 spiro atoms. The molecule has 0 bridgehead atoms. The van der Waals surface area contributed by atoms with E-state index in [2.05, 4.69) is 34.1 Å². The molecule has 2 unspecified atom stereocenters. The quantitative estimate of drug-likeness (QED) is 0.427. The lowest BCUT2D eigenvalue weighted by Crippen LogP contribution is -2.39. The molecule has 0 aliphatic carbocycles. The highest BCUT2D eigenvalue weighted by molar-refractivity contribution is 8.93. The molecule has 2 saturated heterocycles. The van der Waals surface area contributed by atoms with Crippen LogP contribution in [0.2, 0.25) is 0 Å². The molecule has 2 atom stereocenters. The van der Waals surface area contributed by atoms with Crippen molar-refractivity contribution in [1.29, 1.82) is 0 Å². The second kappa shape index (κ2) is 15.0. The van der Waals surface area contributed by atoms with Gasteiger partial charge in [-0.15, -0.1) is 34.0 Å². The van der Waals surface area contributed by atoms with Gasteiger partial charge in [0.15, 0.2) is 0 Å². The Balaban J connectivity index is 0.00000256. The summed E-state index contributed by atoms with van der Waals surface area (Å²) >= 11 is 0. The number of hydrogen-bond acceptors (Lipinski definition) is 6. The number of halogens is 2. The van der Waals surface area contributed by atoms with Crippen molar-refractivity contribution in [2.45, 2.75) is 52.6 Å². The summed E-state index contributed by atoms with van der Waals surface area (Å²) < 4.78 is 10.4. The highest BCUT2D eigenvalue weighted by Gasteiger charge is 2.28. The fourth-order valence-electron chi connectivity index (χ4n) is 4.57. The van der Waals surface area contributed by atoms with E-state index in [0.717, 1.165) is 65.0 Å². The number of carbonyl (C=O) groups is 2. The lowest BCUT2D eigenvalue weighted by Gasteiger charge is -2.32. The molecule has 3 rings (SSSR count). The molecule has 6 nitrogen and oxygen atoms in total. The molecule has 182 valence electrons. The van der Waals surface area contributed by atoms with Gasteiger partial charge in [-0.3, -0.25) is 19.4 Å². The normalized spacial score (nSPS) is 21.7. The van der Waals surface area contributed by atoms with Gasteiger partial charge in [-0.05, 0) is 63.7 Å². The van der Waals surface area contributed by atoms with Crippen LogP contribution in [-0.4, -0.2) is 61.1 Å². The summed E-state index contributed by atoms with van der Waals surface area (Å²) in [5.41, 5.74) is 2.54. The average molecular weight is 578 g/mol. The molecular weight excluding hydrogens is 540 g/mol. The second-order valence-corrected chi connectivity index (χ2v) is 8.47. The minimum atomic E-state index is -0.0554. The molecule has 1 aromatic rings. The highest BCUT2D eigenvalue weighted by atomic mass is 79.9. The third-order valence-electron chi connectivity index (χ3n) is 6.09. The molecule has 0 amide bonds. The Morgan fingerprint density at radius 2 is 1.16 bits per heavy atom. The fraction of sp³-hybridized carbons (Fsp3) is 0.667. The van der Waals surface area contributed by atoms with Crippen LogP contribution in [0.5, 0.6) is 0 Å². The minimum Gasteiger partial charge on any atom is -0.466 e. The van der Waals surface area contributed by atoms with E-state index in [1.165, 1.54) is 11.1 Å². The minimum absolute atomic E-state index is 0. The Kier molecular flexibility index (Phi) is 13.7. The predicted octanol–water partition coefficient (Wildman–Crippen LogP) is 4.39. The van der Waals surface area contributed by atoms with Gasteiger partial charge < -0.3 is 9.47 Å². The lowest BCUT2D eigenvalue weighted by molar-refractivity contribution is -0.150. The first-order valence-corrected chi connectivity index (χ1v) is 11.4. The van der Waals surface area contributed by atoms with Crippen molar-refractivity contribution in [3.05, 3.63) is 35.4 Å². The number of nitrogens with zero attached hydrogens (tertiary/aromatic N) is 2. The zero-order chi connectivity index (χ0) is 21.3. The van der Waals surface area contributed by atoms with Gasteiger partial charge in [0.05, 0.1) is 25.0 Å². The van der Waals surface area contributed by atoms with Crippen LogP contribution in [0.4, 0.5) is 0 Å². The molecule has 2 aliphatic heterocycles. The average Bonchev–Trinajstić information content (AvgIpc) is 2.76. The van der Waals surface area contributed by atoms with E-state index in [1.54, 1.807) is 0 Å². The van der Waals surface area contributed by atoms with Gasteiger partial charge in [-0.1, -0.05) is 24.3 Å². The van der Waals surface area contributed by atoms with E-state index in [0.29, 0.717) is 13.2 Å². The Morgan fingerprint density at radius 3 is 1.50 bits per heavy atom. The van der Waals surface area contributed by atoms with Gasteiger partial charge in [0.1, 0.15) is 0 Å². The Labute approximate surface area is 213 Å². The van der Waals surface area contributed by atoms with Crippen LogP contribution >= 0.6 is 34.0 Å². The number of hydrogen-bond donors (Lipinski definition) is 0. The van der Waals surface area contributed by atoms with E-state index < -0.39 is 0 Å². The number of benzene rings is 1. The highest BCUT2D eigenvalue weighted by Crippen LogP contribution is 2.22. The first-order valence-electron chi connectivity index (χ1n) is 11.4. The van der Waals surface area contributed by atoms with Gasteiger partial charge in [-0.2, -0.15) is 0 Å². The molecule has 32 heavy (non-hydrogen) atoms. The van der Waals surface area contributed by atoms with E-state index in [9.17, 15) is 9.59 Å². The van der Waals surface area contributed by atoms with Crippen LogP contribution in [0.15, 0.2) is 24.3 Å². The molecule has 2 heterocycles. The van der Waals surface area contributed by atoms with Crippen LogP contribution in [0, 0.1) is 11.8 Å². The van der Waals surface area contributed by atoms with Gasteiger partial charge in [0.2, 0.25) is 0 Å². The molecule has 8 heteroatoms. The molecule has 2 fully saturated rings. The summed E-state index contributed by atoms with van der Waals surface area (Å²) in [5, 5.41) is 0. The van der Waals surface area contributed by atoms with Crippen molar-refractivity contribution >= 4 is 45.9 Å². The molecule has 0 N–H and O–H groups in total. The van der Waals surface area contributed by atoms with Gasteiger partial charge in [0, 0.05) is 26.2 Å². The summed E-state index contributed by atoms with van der Waals surface area (Å²) in [5.74, 6) is -0.103. The molecule has 1 aromatic carbocycles. The maximum Gasteiger partial charge on any atom is 0.310 e. The molecule has 0 aromatic heterocycles. The van der Waals surface area contributed by atoms with E-state index in [-0.39, 0.29) is 57.7 Å². The molecule has 0 saturated carbocycles. The Morgan fingerprint density at radius 1 is 0.781 bits per heavy atom. The summed E-state index contributed by atoms with van der Waals surface area (Å²) in [4.78, 5) is 28.8. The Bertz CT molecular complexity index is 643. The number of ether oxygens (including phenoxy) is 2. The zero-order valence-corrected chi connectivity index (χ0v) is 22.7. The fourth-order valence-corrected chi connectivity index (χ4v) is 4.57. The maximum atomic E-state index is 12.0. The van der Waals surface area contributed by atoms with E-state index in [1.807, 2.05) is 13.8 Å². The molecular formula is C24H38Br2N2O4. The summed E-state index contributed by atoms with van der Waals surface area (Å²) in [6.07, 6.45) is 3.93. The number of carbonyl (C=O) groups excluding carboxylic acids is 2. The van der Waals surface area contributed by atoms with Crippen molar-refractivity contribution in [2.24, 2.45) is 11.8 Å². The van der Waals surface area contributed by atoms with Crippen molar-refractivity contribution in [2.75, 3.05) is 39.4 Å².